The average molecular weight is 332 g/mol. The molecule has 1 aliphatic carbocycles. The summed E-state index contributed by atoms with van der Waals surface area (Å²) < 4.78 is 0. The van der Waals surface area contributed by atoms with Crippen molar-refractivity contribution in [3.8, 4) is 5.75 Å². The highest BCUT2D eigenvalue weighted by atomic mass is 35.5. The highest BCUT2D eigenvalue weighted by Gasteiger charge is 2.19. The highest BCUT2D eigenvalue weighted by Crippen LogP contribution is 2.28. The summed E-state index contributed by atoms with van der Waals surface area (Å²) in [5.41, 5.74) is 3.35. The minimum Gasteiger partial charge on any atom is -0.508 e. The second-order valence-electron chi connectivity index (χ2n) is 6.26. The van der Waals surface area contributed by atoms with Gasteiger partial charge in [-0.2, -0.15) is 0 Å². The third-order valence-electron chi connectivity index (χ3n) is 4.56. The van der Waals surface area contributed by atoms with Crippen molar-refractivity contribution in [2.24, 2.45) is 5.92 Å². The largest absolute Gasteiger partial charge is 0.508 e. The van der Waals surface area contributed by atoms with E-state index in [1.54, 1.807) is 12.1 Å². The summed E-state index contributed by atoms with van der Waals surface area (Å²) in [5, 5.41) is 23.8. The number of aliphatic hydroxyl groups is 1. The van der Waals surface area contributed by atoms with Gasteiger partial charge < -0.3 is 15.5 Å². The lowest BCUT2D eigenvalue weighted by Gasteiger charge is -2.25. The standard InChI is InChI=1S/C19H22ClNO2/c20-18-4-2-1-3-17(18)19(23)12-21-11-13-5-6-14-7-8-16(22)10-15(14)9-13/h1-4,7-8,10,13,19,21-23H,5-6,9,11-12H2. The monoisotopic (exact) mass is 331 g/mol. The van der Waals surface area contributed by atoms with Crippen LogP contribution in [-0.2, 0) is 12.8 Å². The average Bonchev–Trinajstić information content (AvgIpc) is 2.54. The van der Waals surface area contributed by atoms with E-state index in [0.717, 1.165) is 31.4 Å². The molecular formula is C19H22ClNO2. The Balaban J connectivity index is 1.51. The van der Waals surface area contributed by atoms with Crippen molar-refractivity contribution in [3.63, 3.8) is 0 Å². The molecule has 0 bridgehead atoms. The van der Waals surface area contributed by atoms with Crippen LogP contribution in [0.4, 0.5) is 0 Å². The zero-order valence-corrected chi connectivity index (χ0v) is 13.8. The molecule has 0 radical (unpaired) electrons. The quantitative estimate of drug-likeness (QED) is 0.786. The first-order valence-electron chi connectivity index (χ1n) is 8.07. The molecule has 0 fully saturated rings. The maximum atomic E-state index is 10.2. The molecule has 2 atom stereocenters. The van der Waals surface area contributed by atoms with Crippen LogP contribution in [0.5, 0.6) is 5.75 Å². The first-order valence-corrected chi connectivity index (χ1v) is 8.45. The zero-order valence-electron chi connectivity index (χ0n) is 13.0. The van der Waals surface area contributed by atoms with E-state index >= 15 is 0 Å². The molecule has 0 spiro atoms. The van der Waals surface area contributed by atoms with Crippen molar-refractivity contribution in [3.05, 3.63) is 64.2 Å². The molecule has 0 saturated heterocycles. The molecule has 3 nitrogen and oxygen atoms in total. The number of hydrogen-bond acceptors (Lipinski definition) is 3. The van der Waals surface area contributed by atoms with Gasteiger partial charge in [0.15, 0.2) is 0 Å². The fraction of sp³-hybridized carbons (Fsp3) is 0.368. The molecule has 122 valence electrons. The van der Waals surface area contributed by atoms with Gasteiger partial charge in [-0.1, -0.05) is 35.9 Å². The number of aliphatic hydroxyl groups excluding tert-OH is 1. The third-order valence-corrected chi connectivity index (χ3v) is 4.90. The van der Waals surface area contributed by atoms with Gasteiger partial charge in [0.1, 0.15) is 5.75 Å². The molecule has 3 N–H and O–H groups in total. The summed E-state index contributed by atoms with van der Waals surface area (Å²) in [7, 11) is 0. The SMILES string of the molecule is Oc1ccc2c(c1)CC(CNCC(O)c1ccccc1Cl)CC2. The summed E-state index contributed by atoms with van der Waals surface area (Å²) in [5.74, 6) is 0.870. The van der Waals surface area contributed by atoms with E-state index in [9.17, 15) is 10.2 Å². The van der Waals surface area contributed by atoms with Crippen LogP contribution in [0.15, 0.2) is 42.5 Å². The van der Waals surface area contributed by atoms with Crippen molar-refractivity contribution in [1.82, 2.24) is 5.32 Å². The zero-order chi connectivity index (χ0) is 16.2. The predicted octanol–water partition coefficient (Wildman–Crippen LogP) is 3.47. The molecule has 0 heterocycles. The Bertz CT molecular complexity index is 674. The Morgan fingerprint density at radius 1 is 1.17 bits per heavy atom. The van der Waals surface area contributed by atoms with Crippen LogP contribution in [-0.4, -0.2) is 23.3 Å². The number of aryl methyl sites for hydroxylation is 1. The molecule has 0 amide bonds. The number of rotatable bonds is 5. The molecule has 1 aliphatic rings. The van der Waals surface area contributed by atoms with Crippen molar-refractivity contribution < 1.29 is 10.2 Å². The van der Waals surface area contributed by atoms with Gasteiger partial charge in [-0.15, -0.1) is 0 Å². The van der Waals surface area contributed by atoms with E-state index in [0.29, 0.717) is 23.2 Å². The second kappa shape index (κ2) is 7.35. The summed E-state index contributed by atoms with van der Waals surface area (Å²) in [4.78, 5) is 0. The van der Waals surface area contributed by atoms with E-state index in [4.69, 9.17) is 11.6 Å². The Morgan fingerprint density at radius 3 is 2.83 bits per heavy atom. The maximum absolute atomic E-state index is 10.2. The Labute approximate surface area is 141 Å². The Kier molecular flexibility index (Phi) is 5.21. The van der Waals surface area contributed by atoms with Gasteiger partial charge in [-0.25, -0.2) is 0 Å². The molecule has 2 aromatic carbocycles. The van der Waals surface area contributed by atoms with Gasteiger partial charge in [0, 0.05) is 17.1 Å². The van der Waals surface area contributed by atoms with Crippen molar-refractivity contribution in [1.29, 1.82) is 0 Å². The van der Waals surface area contributed by atoms with Crippen LogP contribution < -0.4 is 5.32 Å². The van der Waals surface area contributed by atoms with Gasteiger partial charge >= 0.3 is 0 Å². The van der Waals surface area contributed by atoms with Gasteiger partial charge in [0.05, 0.1) is 6.10 Å². The highest BCUT2D eigenvalue weighted by molar-refractivity contribution is 6.31. The normalized spacial score (nSPS) is 18.4. The molecule has 23 heavy (non-hydrogen) atoms. The lowest BCUT2D eigenvalue weighted by Crippen LogP contribution is -2.30. The molecule has 4 heteroatoms. The van der Waals surface area contributed by atoms with E-state index in [2.05, 4.69) is 5.32 Å². The maximum Gasteiger partial charge on any atom is 0.115 e. The Morgan fingerprint density at radius 2 is 2.00 bits per heavy atom. The van der Waals surface area contributed by atoms with E-state index in [1.165, 1.54) is 11.1 Å². The summed E-state index contributed by atoms with van der Waals surface area (Å²) in [6.45, 7) is 1.35. The molecule has 2 aromatic rings. The molecule has 0 saturated carbocycles. The van der Waals surface area contributed by atoms with Crippen molar-refractivity contribution in [2.75, 3.05) is 13.1 Å². The first kappa shape index (κ1) is 16.3. The minimum atomic E-state index is -0.594. The van der Waals surface area contributed by atoms with Crippen LogP contribution in [0.3, 0.4) is 0 Å². The van der Waals surface area contributed by atoms with Gasteiger partial charge in [0.2, 0.25) is 0 Å². The molecular weight excluding hydrogens is 310 g/mol. The summed E-state index contributed by atoms with van der Waals surface area (Å²) in [6, 6.07) is 13.1. The van der Waals surface area contributed by atoms with Gasteiger partial charge in [-0.3, -0.25) is 0 Å². The van der Waals surface area contributed by atoms with Crippen LogP contribution in [0.1, 0.15) is 29.2 Å². The van der Waals surface area contributed by atoms with Gasteiger partial charge in [-0.05, 0) is 61.1 Å². The predicted molar refractivity (Wildman–Crippen MR) is 92.9 cm³/mol. The topological polar surface area (TPSA) is 52.5 Å². The lowest BCUT2D eigenvalue weighted by molar-refractivity contribution is 0.172. The fourth-order valence-electron chi connectivity index (χ4n) is 3.27. The van der Waals surface area contributed by atoms with Crippen LogP contribution in [0.25, 0.3) is 0 Å². The van der Waals surface area contributed by atoms with Crippen LogP contribution >= 0.6 is 11.6 Å². The van der Waals surface area contributed by atoms with Gasteiger partial charge in [0.25, 0.3) is 0 Å². The summed E-state index contributed by atoms with van der Waals surface area (Å²) >= 11 is 6.11. The second-order valence-corrected chi connectivity index (χ2v) is 6.66. The number of aromatic hydroxyl groups is 1. The number of fused-ring (bicyclic) bond motifs is 1. The number of phenolic OH excluding ortho intramolecular Hbond substituents is 1. The number of benzene rings is 2. The molecule has 0 aliphatic heterocycles. The smallest absolute Gasteiger partial charge is 0.115 e. The molecule has 0 aromatic heterocycles. The molecule has 3 rings (SSSR count). The molecule has 2 unspecified atom stereocenters. The number of nitrogens with one attached hydrogen (secondary N) is 1. The Hall–Kier alpha value is -1.55. The van der Waals surface area contributed by atoms with E-state index in [-0.39, 0.29) is 0 Å². The lowest BCUT2D eigenvalue weighted by atomic mass is 9.84. The van der Waals surface area contributed by atoms with E-state index < -0.39 is 6.10 Å². The first-order chi connectivity index (χ1) is 11.1. The number of halogens is 1. The van der Waals surface area contributed by atoms with Crippen molar-refractivity contribution in [2.45, 2.75) is 25.4 Å². The fourth-order valence-corrected chi connectivity index (χ4v) is 3.53. The van der Waals surface area contributed by atoms with Crippen LogP contribution in [0.2, 0.25) is 5.02 Å². The van der Waals surface area contributed by atoms with Crippen LogP contribution in [0, 0.1) is 5.92 Å². The minimum absolute atomic E-state index is 0.339. The summed E-state index contributed by atoms with van der Waals surface area (Å²) in [6.07, 6.45) is 2.56. The number of phenols is 1. The number of hydrogen-bond donors (Lipinski definition) is 3. The van der Waals surface area contributed by atoms with Crippen molar-refractivity contribution >= 4 is 11.6 Å². The van der Waals surface area contributed by atoms with E-state index in [1.807, 2.05) is 30.3 Å². The third kappa shape index (κ3) is 4.05.